The lowest BCUT2D eigenvalue weighted by atomic mass is 10.2. The summed E-state index contributed by atoms with van der Waals surface area (Å²) in [6, 6.07) is 9.76. The van der Waals surface area contributed by atoms with E-state index in [1.165, 1.54) is 12.0 Å². The van der Waals surface area contributed by atoms with Gasteiger partial charge in [-0.2, -0.15) is 0 Å². The van der Waals surface area contributed by atoms with Crippen molar-refractivity contribution in [2.45, 2.75) is 0 Å². The van der Waals surface area contributed by atoms with E-state index in [-0.39, 0.29) is 0 Å². The number of hydrogen-bond acceptors (Lipinski definition) is 4. The molecule has 0 bridgehead atoms. The van der Waals surface area contributed by atoms with Gasteiger partial charge in [0.2, 0.25) is 0 Å². The van der Waals surface area contributed by atoms with Gasteiger partial charge in [-0.3, -0.25) is 0 Å². The third-order valence-electron chi connectivity index (χ3n) is 3.41. The molecule has 1 aliphatic rings. The molecule has 0 unspecified atom stereocenters. The molecule has 0 spiro atoms. The Hall–Kier alpha value is -1.52. The van der Waals surface area contributed by atoms with Gasteiger partial charge in [0, 0.05) is 43.0 Å². The fourth-order valence-corrected chi connectivity index (χ4v) is 2.61. The molecule has 0 amide bonds. The third kappa shape index (κ3) is 2.97. The van der Waals surface area contributed by atoms with Crippen LogP contribution in [-0.4, -0.2) is 36.1 Å². The molecule has 0 saturated carbocycles. The largest absolute Gasteiger partial charge is 0.368 e. The van der Waals surface area contributed by atoms with E-state index >= 15 is 0 Å². The van der Waals surface area contributed by atoms with Crippen LogP contribution in [0.4, 0.5) is 11.5 Å². The van der Waals surface area contributed by atoms with Crippen molar-refractivity contribution in [1.29, 1.82) is 0 Å². The van der Waals surface area contributed by atoms with Crippen molar-refractivity contribution in [2.75, 3.05) is 36.0 Å². The fourth-order valence-electron chi connectivity index (χ4n) is 2.34. The summed E-state index contributed by atoms with van der Waals surface area (Å²) in [7, 11) is 0. The van der Waals surface area contributed by atoms with Gasteiger partial charge in [0.15, 0.2) is 0 Å². The van der Waals surface area contributed by atoms with E-state index in [0.717, 1.165) is 37.0 Å². The van der Waals surface area contributed by atoms with Crippen LogP contribution in [0.15, 0.2) is 36.7 Å². The summed E-state index contributed by atoms with van der Waals surface area (Å²) >= 11 is 11.8. The van der Waals surface area contributed by atoms with E-state index in [9.17, 15) is 0 Å². The summed E-state index contributed by atoms with van der Waals surface area (Å²) in [4.78, 5) is 12.7. The van der Waals surface area contributed by atoms with Gasteiger partial charge >= 0.3 is 0 Å². The van der Waals surface area contributed by atoms with E-state index in [2.05, 4.69) is 31.9 Å². The Bertz CT molecular complexity index is 580. The van der Waals surface area contributed by atoms with Gasteiger partial charge in [-0.1, -0.05) is 23.2 Å². The first-order chi connectivity index (χ1) is 9.72. The van der Waals surface area contributed by atoms with Crippen LogP contribution in [0.25, 0.3) is 0 Å². The molecule has 1 aromatic carbocycles. The van der Waals surface area contributed by atoms with Crippen LogP contribution in [0.5, 0.6) is 0 Å². The quantitative estimate of drug-likeness (QED) is 0.798. The van der Waals surface area contributed by atoms with Crippen LogP contribution in [0, 0.1) is 0 Å². The molecule has 2 aromatic rings. The highest BCUT2D eigenvalue weighted by molar-refractivity contribution is 6.30. The smallest absolute Gasteiger partial charge is 0.134 e. The van der Waals surface area contributed by atoms with Gasteiger partial charge < -0.3 is 9.80 Å². The Morgan fingerprint density at radius 1 is 0.850 bits per heavy atom. The van der Waals surface area contributed by atoms with Crippen LogP contribution in [-0.2, 0) is 0 Å². The van der Waals surface area contributed by atoms with Gasteiger partial charge in [0.1, 0.15) is 17.3 Å². The van der Waals surface area contributed by atoms with Crippen LogP contribution >= 0.6 is 23.2 Å². The van der Waals surface area contributed by atoms with Crippen molar-refractivity contribution in [3.63, 3.8) is 0 Å². The highest BCUT2D eigenvalue weighted by Gasteiger charge is 2.18. The van der Waals surface area contributed by atoms with Gasteiger partial charge in [0.25, 0.3) is 0 Å². The molecule has 2 heterocycles. The Kier molecular flexibility index (Phi) is 3.94. The number of piperazine rings is 1. The minimum Gasteiger partial charge on any atom is -0.368 e. The number of benzene rings is 1. The molecule has 6 heteroatoms. The SMILES string of the molecule is Clc1ccc(N2CCN(c3cc(Cl)ncn3)CC2)cc1. The zero-order chi connectivity index (χ0) is 13.9. The molecule has 1 aliphatic heterocycles. The van der Waals surface area contributed by atoms with Crippen molar-refractivity contribution in [2.24, 2.45) is 0 Å². The molecule has 3 rings (SSSR count). The summed E-state index contributed by atoms with van der Waals surface area (Å²) in [6.45, 7) is 3.72. The Morgan fingerprint density at radius 3 is 2.15 bits per heavy atom. The zero-order valence-corrected chi connectivity index (χ0v) is 12.3. The third-order valence-corrected chi connectivity index (χ3v) is 3.87. The maximum absolute atomic E-state index is 5.92. The van der Waals surface area contributed by atoms with Gasteiger partial charge in [-0.15, -0.1) is 0 Å². The number of anilines is 2. The second-order valence-electron chi connectivity index (χ2n) is 4.65. The molecule has 1 saturated heterocycles. The summed E-state index contributed by atoms with van der Waals surface area (Å²) in [6.07, 6.45) is 1.50. The lowest BCUT2D eigenvalue weighted by Crippen LogP contribution is -2.46. The normalized spacial score (nSPS) is 15.5. The maximum Gasteiger partial charge on any atom is 0.134 e. The monoisotopic (exact) mass is 308 g/mol. The Balaban J connectivity index is 1.66. The van der Waals surface area contributed by atoms with Gasteiger partial charge in [-0.25, -0.2) is 9.97 Å². The number of halogens is 2. The Morgan fingerprint density at radius 2 is 1.50 bits per heavy atom. The van der Waals surface area contributed by atoms with Crippen LogP contribution < -0.4 is 9.80 Å². The number of rotatable bonds is 2. The average Bonchev–Trinajstić information content (AvgIpc) is 2.48. The van der Waals surface area contributed by atoms with Crippen LogP contribution in [0.3, 0.4) is 0 Å². The summed E-state index contributed by atoms with van der Waals surface area (Å²) in [5, 5.41) is 1.25. The van der Waals surface area contributed by atoms with E-state index in [1.54, 1.807) is 6.07 Å². The first-order valence-electron chi connectivity index (χ1n) is 6.45. The average molecular weight is 309 g/mol. The molecule has 0 atom stereocenters. The van der Waals surface area contributed by atoms with E-state index in [1.807, 2.05) is 12.1 Å². The molecule has 104 valence electrons. The first kappa shape index (κ1) is 13.5. The lowest BCUT2D eigenvalue weighted by molar-refractivity contribution is 0.647. The predicted molar refractivity (Wildman–Crippen MR) is 82.9 cm³/mol. The highest BCUT2D eigenvalue weighted by Crippen LogP contribution is 2.21. The summed E-state index contributed by atoms with van der Waals surface area (Å²) in [5.74, 6) is 0.890. The molecule has 20 heavy (non-hydrogen) atoms. The molecular weight excluding hydrogens is 295 g/mol. The predicted octanol–water partition coefficient (Wildman–Crippen LogP) is 3.11. The molecular formula is C14H14Cl2N4. The molecule has 0 N–H and O–H groups in total. The van der Waals surface area contributed by atoms with Crippen LogP contribution in [0.2, 0.25) is 10.2 Å². The summed E-state index contributed by atoms with van der Waals surface area (Å²) < 4.78 is 0. The van der Waals surface area contributed by atoms with E-state index < -0.39 is 0 Å². The van der Waals surface area contributed by atoms with Crippen molar-refractivity contribution in [3.8, 4) is 0 Å². The number of nitrogens with zero attached hydrogens (tertiary/aromatic N) is 4. The molecule has 4 nitrogen and oxygen atoms in total. The minimum atomic E-state index is 0.482. The number of aromatic nitrogens is 2. The minimum absolute atomic E-state index is 0.482. The number of hydrogen-bond donors (Lipinski definition) is 0. The van der Waals surface area contributed by atoms with Crippen molar-refractivity contribution >= 4 is 34.7 Å². The fraction of sp³-hybridized carbons (Fsp3) is 0.286. The zero-order valence-electron chi connectivity index (χ0n) is 10.8. The topological polar surface area (TPSA) is 32.3 Å². The summed E-state index contributed by atoms with van der Waals surface area (Å²) in [5.41, 5.74) is 1.20. The second-order valence-corrected chi connectivity index (χ2v) is 5.47. The maximum atomic E-state index is 5.92. The Labute approximate surface area is 128 Å². The van der Waals surface area contributed by atoms with E-state index in [0.29, 0.717) is 5.15 Å². The van der Waals surface area contributed by atoms with E-state index in [4.69, 9.17) is 23.2 Å². The molecule has 1 aromatic heterocycles. The second kappa shape index (κ2) is 5.85. The standard InChI is InChI=1S/C14H14Cl2N4/c15-11-1-3-12(4-2-11)19-5-7-20(8-6-19)14-9-13(16)17-10-18-14/h1-4,9-10H,5-8H2. The highest BCUT2D eigenvalue weighted by atomic mass is 35.5. The lowest BCUT2D eigenvalue weighted by Gasteiger charge is -2.36. The van der Waals surface area contributed by atoms with Crippen molar-refractivity contribution in [3.05, 3.63) is 46.8 Å². The van der Waals surface area contributed by atoms with Gasteiger partial charge in [0.05, 0.1) is 0 Å². The molecule has 1 fully saturated rings. The molecule has 0 aliphatic carbocycles. The molecule has 0 radical (unpaired) electrons. The van der Waals surface area contributed by atoms with Gasteiger partial charge in [-0.05, 0) is 24.3 Å². The van der Waals surface area contributed by atoms with Crippen molar-refractivity contribution < 1.29 is 0 Å². The first-order valence-corrected chi connectivity index (χ1v) is 7.21. The van der Waals surface area contributed by atoms with Crippen LogP contribution in [0.1, 0.15) is 0 Å². The van der Waals surface area contributed by atoms with Crippen molar-refractivity contribution in [1.82, 2.24) is 9.97 Å².